The number of guanidine groups is 1. The van der Waals surface area contributed by atoms with Crippen LogP contribution in [-0.4, -0.2) is 5.96 Å². The topological polar surface area (TPSA) is 64.4 Å². The predicted molar refractivity (Wildman–Crippen MR) is 49.5 cm³/mol. The van der Waals surface area contributed by atoms with Crippen molar-refractivity contribution in [3.8, 4) is 0 Å². The number of benzene rings is 1. The van der Waals surface area contributed by atoms with Gasteiger partial charge in [0.15, 0.2) is 5.96 Å². The van der Waals surface area contributed by atoms with Gasteiger partial charge in [-0.15, -0.1) is 0 Å². The molecule has 0 bridgehead atoms. The van der Waals surface area contributed by atoms with Crippen LogP contribution in [0.1, 0.15) is 0 Å². The van der Waals surface area contributed by atoms with E-state index in [0.29, 0.717) is 0 Å². The summed E-state index contributed by atoms with van der Waals surface area (Å²) < 4.78 is 25.8. The van der Waals surface area contributed by atoms with Crippen LogP contribution in [0.4, 0.5) is 14.5 Å². The van der Waals surface area contributed by atoms with E-state index in [9.17, 15) is 8.78 Å². The number of hydrogen-bond acceptors (Lipinski definition) is 1. The molecule has 0 aromatic heterocycles. The molecule has 0 fully saturated rings. The second kappa shape index (κ2) is 3.69. The summed E-state index contributed by atoms with van der Waals surface area (Å²) >= 11 is 2.82. The molecule has 70 valence electrons. The number of nitrogens with zero attached hydrogens (tertiary/aromatic N) is 1. The molecule has 0 spiro atoms. The van der Waals surface area contributed by atoms with Gasteiger partial charge >= 0.3 is 0 Å². The molecule has 0 aliphatic heterocycles. The van der Waals surface area contributed by atoms with E-state index in [-0.39, 0.29) is 16.1 Å². The van der Waals surface area contributed by atoms with Gasteiger partial charge in [0.25, 0.3) is 0 Å². The molecule has 0 saturated carbocycles. The van der Waals surface area contributed by atoms with Gasteiger partial charge in [0.05, 0.1) is 4.47 Å². The monoisotopic (exact) mass is 249 g/mol. The van der Waals surface area contributed by atoms with Gasteiger partial charge in [-0.05, 0) is 22.0 Å². The Labute approximate surface area is 81.6 Å². The second-order valence-electron chi connectivity index (χ2n) is 2.25. The Morgan fingerprint density at radius 1 is 1.23 bits per heavy atom. The Morgan fingerprint density at radius 2 is 1.85 bits per heavy atom. The molecule has 1 rings (SSSR count). The van der Waals surface area contributed by atoms with Crippen LogP contribution in [0.5, 0.6) is 0 Å². The van der Waals surface area contributed by atoms with Gasteiger partial charge in [-0.1, -0.05) is 0 Å². The van der Waals surface area contributed by atoms with Crippen LogP contribution >= 0.6 is 15.9 Å². The minimum atomic E-state index is -0.693. The maximum absolute atomic E-state index is 13.0. The minimum absolute atomic E-state index is 0.0274. The van der Waals surface area contributed by atoms with Crippen molar-refractivity contribution in [1.82, 2.24) is 0 Å². The van der Waals surface area contributed by atoms with E-state index in [1.54, 1.807) is 0 Å². The molecule has 13 heavy (non-hydrogen) atoms. The van der Waals surface area contributed by atoms with E-state index in [4.69, 9.17) is 11.5 Å². The van der Waals surface area contributed by atoms with Gasteiger partial charge in [0.2, 0.25) is 0 Å². The number of nitrogens with two attached hydrogens (primary N) is 2. The van der Waals surface area contributed by atoms with Gasteiger partial charge < -0.3 is 11.5 Å². The van der Waals surface area contributed by atoms with E-state index >= 15 is 0 Å². The first kappa shape index (κ1) is 9.91. The maximum atomic E-state index is 13.0. The molecule has 4 N–H and O–H groups in total. The smallest absolute Gasteiger partial charge is 0.191 e. The molecule has 0 amide bonds. The van der Waals surface area contributed by atoms with E-state index in [1.165, 1.54) is 0 Å². The molecule has 6 heteroatoms. The number of rotatable bonds is 1. The molecule has 0 unspecified atom stereocenters. The number of hydrogen-bond donors (Lipinski definition) is 2. The van der Waals surface area contributed by atoms with Gasteiger partial charge in [-0.2, -0.15) is 0 Å². The van der Waals surface area contributed by atoms with Gasteiger partial charge in [0.1, 0.15) is 17.3 Å². The molecular weight excluding hydrogens is 244 g/mol. The first-order valence-electron chi connectivity index (χ1n) is 3.25. The van der Waals surface area contributed by atoms with Crippen LogP contribution < -0.4 is 11.5 Å². The summed E-state index contributed by atoms with van der Waals surface area (Å²) in [5.74, 6) is -1.64. The average Bonchev–Trinajstić information content (AvgIpc) is 1.99. The quantitative estimate of drug-likeness (QED) is 0.452. The van der Waals surface area contributed by atoms with Crippen LogP contribution in [0, 0.1) is 11.6 Å². The van der Waals surface area contributed by atoms with Crippen molar-refractivity contribution in [2.75, 3.05) is 0 Å². The summed E-state index contributed by atoms with van der Waals surface area (Å²) in [6.45, 7) is 0. The SMILES string of the molecule is NC(N)=Nc1cc(F)c(Br)cc1F. The van der Waals surface area contributed by atoms with Crippen LogP contribution in [0.2, 0.25) is 0 Å². The largest absolute Gasteiger partial charge is 0.370 e. The van der Waals surface area contributed by atoms with Crippen molar-refractivity contribution in [3.05, 3.63) is 28.2 Å². The lowest BCUT2D eigenvalue weighted by atomic mass is 10.3. The summed E-state index contributed by atoms with van der Waals surface area (Å²) in [6, 6.07) is 1.86. The van der Waals surface area contributed by atoms with Gasteiger partial charge in [0, 0.05) is 6.07 Å². The third-order valence-corrected chi connectivity index (χ3v) is 1.85. The van der Waals surface area contributed by atoms with Gasteiger partial charge in [-0.25, -0.2) is 13.8 Å². The van der Waals surface area contributed by atoms with Crippen molar-refractivity contribution in [1.29, 1.82) is 0 Å². The highest BCUT2D eigenvalue weighted by atomic mass is 79.9. The number of aliphatic imine (C=N–C) groups is 1. The summed E-state index contributed by atoms with van der Waals surface area (Å²) in [4.78, 5) is 3.40. The molecule has 1 aromatic carbocycles. The first-order valence-corrected chi connectivity index (χ1v) is 4.04. The van der Waals surface area contributed by atoms with Crippen LogP contribution in [-0.2, 0) is 0 Å². The highest BCUT2D eigenvalue weighted by Gasteiger charge is 2.07. The summed E-state index contributed by atoms with van der Waals surface area (Å²) in [5, 5.41) is 0. The Hall–Kier alpha value is -1.17. The van der Waals surface area contributed by atoms with Crippen molar-refractivity contribution in [3.63, 3.8) is 0 Å². The Balaban J connectivity index is 3.24. The van der Waals surface area contributed by atoms with E-state index in [0.717, 1.165) is 12.1 Å². The Morgan fingerprint density at radius 3 is 2.38 bits per heavy atom. The van der Waals surface area contributed by atoms with E-state index in [2.05, 4.69) is 20.9 Å². The zero-order valence-electron chi connectivity index (χ0n) is 6.39. The van der Waals surface area contributed by atoms with E-state index in [1.807, 2.05) is 0 Å². The Kier molecular flexibility index (Phi) is 2.82. The lowest BCUT2D eigenvalue weighted by Crippen LogP contribution is -2.22. The third kappa shape index (κ3) is 2.38. The predicted octanol–water partition coefficient (Wildman–Crippen LogP) is 1.63. The Bertz CT molecular complexity index is 361. The van der Waals surface area contributed by atoms with E-state index < -0.39 is 11.6 Å². The zero-order valence-corrected chi connectivity index (χ0v) is 7.98. The molecule has 0 heterocycles. The fourth-order valence-electron chi connectivity index (χ4n) is 0.737. The molecular formula is C7H6BrF2N3. The second-order valence-corrected chi connectivity index (χ2v) is 3.11. The molecule has 0 aliphatic carbocycles. The summed E-state index contributed by atoms with van der Waals surface area (Å²) in [6.07, 6.45) is 0. The summed E-state index contributed by atoms with van der Waals surface area (Å²) in [7, 11) is 0. The molecule has 0 radical (unpaired) electrons. The van der Waals surface area contributed by atoms with Crippen LogP contribution in [0.3, 0.4) is 0 Å². The highest BCUT2D eigenvalue weighted by molar-refractivity contribution is 9.10. The standard InChI is InChI=1S/C7H6BrF2N3/c8-3-1-5(10)6(2-4(3)9)13-7(11)12/h1-2H,(H4,11,12,13). The van der Waals surface area contributed by atoms with Crippen LogP contribution in [0.15, 0.2) is 21.6 Å². The van der Waals surface area contributed by atoms with Crippen molar-refractivity contribution >= 4 is 27.6 Å². The molecule has 0 saturated heterocycles. The lowest BCUT2D eigenvalue weighted by molar-refractivity contribution is 0.596. The normalized spacial score (nSPS) is 9.77. The molecule has 0 atom stereocenters. The lowest BCUT2D eigenvalue weighted by Gasteiger charge is -1.99. The molecule has 1 aromatic rings. The van der Waals surface area contributed by atoms with Crippen molar-refractivity contribution < 1.29 is 8.78 Å². The third-order valence-electron chi connectivity index (χ3n) is 1.24. The zero-order chi connectivity index (χ0) is 10.0. The maximum Gasteiger partial charge on any atom is 0.191 e. The highest BCUT2D eigenvalue weighted by Crippen LogP contribution is 2.24. The fraction of sp³-hybridized carbons (Fsp3) is 0. The van der Waals surface area contributed by atoms with Gasteiger partial charge in [-0.3, -0.25) is 0 Å². The fourth-order valence-corrected chi connectivity index (χ4v) is 1.05. The molecule has 0 aliphatic rings. The molecule has 3 nitrogen and oxygen atoms in total. The average molecular weight is 250 g/mol. The van der Waals surface area contributed by atoms with Crippen LogP contribution in [0.25, 0.3) is 0 Å². The number of halogens is 3. The van der Waals surface area contributed by atoms with Crippen molar-refractivity contribution in [2.24, 2.45) is 16.5 Å². The minimum Gasteiger partial charge on any atom is -0.370 e. The summed E-state index contributed by atoms with van der Waals surface area (Å²) in [5.41, 5.74) is 9.80. The first-order chi connectivity index (χ1) is 6.00. The van der Waals surface area contributed by atoms with Crippen molar-refractivity contribution in [2.45, 2.75) is 0 Å².